The van der Waals surface area contributed by atoms with Gasteiger partial charge in [0.25, 0.3) is 0 Å². The standard InChI is InChI=1S/C24H33NO2/c1-3-17-11-19(26)14-24-9-10-25(15-16-5-4-6-16)22(23(17)24)12-18-7-8-20(27-2)13-21(18)24/h7-8,13,16-17,22-23H,3-6,9-12,14-15H2,1-2H3/t17-,22+,23-,24+/m0/s1. The summed E-state index contributed by atoms with van der Waals surface area (Å²) in [6.45, 7) is 4.75. The molecular weight excluding hydrogens is 334 g/mol. The summed E-state index contributed by atoms with van der Waals surface area (Å²) in [5, 5.41) is 0. The van der Waals surface area contributed by atoms with Gasteiger partial charge in [-0.15, -0.1) is 0 Å². The van der Waals surface area contributed by atoms with Gasteiger partial charge in [-0.25, -0.2) is 0 Å². The number of fused-ring (bicyclic) bond motifs is 1. The van der Waals surface area contributed by atoms with E-state index in [1.165, 1.54) is 36.9 Å². The van der Waals surface area contributed by atoms with E-state index in [0.29, 0.717) is 23.7 Å². The number of ether oxygens (including phenoxy) is 1. The Bertz CT molecular complexity index is 740. The fourth-order valence-corrected chi connectivity index (χ4v) is 6.93. The van der Waals surface area contributed by atoms with Crippen LogP contribution in [0.3, 0.4) is 0 Å². The lowest BCUT2D eigenvalue weighted by molar-refractivity contribution is -0.132. The first kappa shape index (κ1) is 17.7. The number of likely N-dealkylation sites (tertiary alicyclic amines) is 1. The Labute approximate surface area is 163 Å². The molecule has 3 heteroatoms. The molecule has 0 radical (unpaired) electrons. The second kappa shape index (κ2) is 6.62. The molecule has 27 heavy (non-hydrogen) atoms. The highest BCUT2D eigenvalue weighted by Gasteiger charge is 2.58. The summed E-state index contributed by atoms with van der Waals surface area (Å²) in [6, 6.07) is 7.29. The number of carbonyl (C=O) groups is 1. The Balaban J connectivity index is 1.59. The Morgan fingerprint density at radius 2 is 2.11 bits per heavy atom. The van der Waals surface area contributed by atoms with Gasteiger partial charge in [0.15, 0.2) is 0 Å². The van der Waals surface area contributed by atoms with Crippen molar-refractivity contribution in [2.75, 3.05) is 20.2 Å². The molecule has 2 saturated carbocycles. The van der Waals surface area contributed by atoms with Crippen LogP contribution in [0.4, 0.5) is 0 Å². The SMILES string of the molecule is CC[C@H]1CC(=O)C[C@]23CCN(CC4CCC4)[C@H](Cc4ccc(OC)cc42)[C@H]13. The van der Waals surface area contributed by atoms with Crippen LogP contribution in [0.15, 0.2) is 18.2 Å². The van der Waals surface area contributed by atoms with Gasteiger partial charge in [0, 0.05) is 30.8 Å². The number of hydrogen-bond donors (Lipinski definition) is 0. The number of nitrogens with zero attached hydrogens (tertiary/aromatic N) is 1. The number of methoxy groups -OCH3 is 1. The van der Waals surface area contributed by atoms with Crippen LogP contribution in [0.2, 0.25) is 0 Å². The molecule has 0 N–H and O–H groups in total. The molecule has 2 bridgehead atoms. The van der Waals surface area contributed by atoms with Crippen molar-refractivity contribution in [2.45, 2.75) is 69.7 Å². The van der Waals surface area contributed by atoms with Crippen LogP contribution < -0.4 is 4.74 Å². The van der Waals surface area contributed by atoms with Gasteiger partial charge >= 0.3 is 0 Å². The maximum atomic E-state index is 12.8. The summed E-state index contributed by atoms with van der Waals surface area (Å²) in [6.07, 6.45) is 9.24. The van der Waals surface area contributed by atoms with E-state index in [2.05, 4.69) is 30.0 Å². The normalized spacial score (nSPS) is 35.9. The minimum Gasteiger partial charge on any atom is -0.497 e. The third-order valence-corrected chi connectivity index (χ3v) is 8.40. The third kappa shape index (κ3) is 2.68. The van der Waals surface area contributed by atoms with Crippen molar-refractivity contribution in [1.82, 2.24) is 4.90 Å². The topological polar surface area (TPSA) is 29.5 Å². The number of carbonyl (C=O) groups excluding carboxylic acids is 1. The van der Waals surface area contributed by atoms with E-state index < -0.39 is 0 Å². The van der Waals surface area contributed by atoms with Crippen LogP contribution in [-0.2, 0) is 16.6 Å². The van der Waals surface area contributed by atoms with E-state index in [9.17, 15) is 4.79 Å². The zero-order valence-electron chi connectivity index (χ0n) is 16.9. The van der Waals surface area contributed by atoms with E-state index in [1.807, 2.05) is 0 Å². The lowest BCUT2D eigenvalue weighted by Gasteiger charge is -2.61. The molecule has 1 aromatic carbocycles. The minimum atomic E-state index is 0.0545. The van der Waals surface area contributed by atoms with Crippen molar-refractivity contribution >= 4 is 5.78 Å². The molecule has 5 rings (SSSR count). The average molecular weight is 368 g/mol. The molecule has 146 valence electrons. The van der Waals surface area contributed by atoms with Gasteiger partial charge in [-0.1, -0.05) is 25.8 Å². The van der Waals surface area contributed by atoms with Crippen LogP contribution in [0, 0.1) is 17.8 Å². The first-order valence-corrected chi connectivity index (χ1v) is 11.1. The zero-order chi connectivity index (χ0) is 18.6. The lowest BCUT2D eigenvalue weighted by Crippen LogP contribution is -2.64. The molecule has 1 heterocycles. The van der Waals surface area contributed by atoms with Gasteiger partial charge in [0.05, 0.1) is 7.11 Å². The molecule has 0 amide bonds. The maximum absolute atomic E-state index is 12.8. The number of hydrogen-bond acceptors (Lipinski definition) is 3. The fraction of sp³-hybridized carbons (Fsp3) is 0.708. The fourth-order valence-electron chi connectivity index (χ4n) is 6.93. The van der Waals surface area contributed by atoms with Crippen molar-refractivity contribution in [3.05, 3.63) is 29.3 Å². The summed E-state index contributed by atoms with van der Waals surface area (Å²) in [5.41, 5.74) is 2.97. The largest absolute Gasteiger partial charge is 0.497 e. The first-order chi connectivity index (χ1) is 13.1. The average Bonchev–Trinajstić information content (AvgIpc) is 2.64. The van der Waals surface area contributed by atoms with Gasteiger partial charge < -0.3 is 4.74 Å². The van der Waals surface area contributed by atoms with Crippen molar-refractivity contribution in [1.29, 1.82) is 0 Å². The number of rotatable bonds is 4. The lowest BCUT2D eigenvalue weighted by atomic mass is 9.49. The molecule has 0 spiro atoms. The monoisotopic (exact) mass is 367 g/mol. The molecule has 3 nitrogen and oxygen atoms in total. The second-order valence-electron chi connectivity index (χ2n) is 9.61. The predicted octanol–water partition coefficient (Wildman–Crippen LogP) is 4.37. The summed E-state index contributed by atoms with van der Waals surface area (Å²) in [4.78, 5) is 15.6. The van der Waals surface area contributed by atoms with Gasteiger partial charge in [-0.05, 0) is 73.2 Å². The number of piperidine rings is 1. The molecule has 3 aliphatic carbocycles. The third-order valence-electron chi connectivity index (χ3n) is 8.40. The summed E-state index contributed by atoms with van der Waals surface area (Å²) >= 11 is 0. The van der Waals surface area contributed by atoms with E-state index >= 15 is 0 Å². The van der Waals surface area contributed by atoms with Crippen LogP contribution in [0.25, 0.3) is 0 Å². The summed E-state index contributed by atoms with van der Waals surface area (Å²) < 4.78 is 5.57. The van der Waals surface area contributed by atoms with Gasteiger partial charge in [0.1, 0.15) is 11.5 Å². The maximum Gasteiger partial charge on any atom is 0.134 e. The second-order valence-corrected chi connectivity index (χ2v) is 9.61. The highest BCUT2D eigenvalue weighted by Crippen LogP contribution is 2.58. The first-order valence-electron chi connectivity index (χ1n) is 11.1. The molecule has 1 saturated heterocycles. The molecular formula is C24H33NO2. The highest BCUT2D eigenvalue weighted by atomic mass is 16.5. The van der Waals surface area contributed by atoms with Gasteiger partial charge in [-0.2, -0.15) is 0 Å². The molecule has 1 aliphatic heterocycles. The summed E-state index contributed by atoms with van der Waals surface area (Å²) in [7, 11) is 1.75. The molecule has 4 aliphatic rings. The number of Topliss-reactive ketones (excluding diaryl/α,β-unsaturated/α-hetero) is 1. The number of ketones is 1. The minimum absolute atomic E-state index is 0.0545. The van der Waals surface area contributed by atoms with Crippen LogP contribution in [-0.4, -0.2) is 36.9 Å². The van der Waals surface area contributed by atoms with Crippen LogP contribution in [0.5, 0.6) is 5.75 Å². The molecule has 0 unspecified atom stereocenters. The Hall–Kier alpha value is -1.35. The van der Waals surface area contributed by atoms with Gasteiger partial charge in [0.2, 0.25) is 0 Å². The Morgan fingerprint density at radius 3 is 2.81 bits per heavy atom. The highest BCUT2D eigenvalue weighted by molar-refractivity contribution is 5.82. The van der Waals surface area contributed by atoms with Crippen LogP contribution >= 0.6 is 0 Å². The van der Waals surface area contributed by atoms with Crippen molar-refractivity contribution in [3.63, 3.8) is 0 Å². The Kier molecular flexibility index (Phi) is 4.34. The van der Waals surface area contributed by atoms with E-state index in [0.717, 1.165) is 50.3 Å². The van der Waals surface area contributed by atoms with E-state index in [-0.39, 0.29) is 5.41 Å². The van der Waals surface area contributed by atoms with Gasteiger partial charge in [-0.3, -0.25) is 9.69 Å². The Morgan fingerprint density at radius 1 is 1.26 bits per heavy atom. The van der Waals surface area contributed by atoms with Crippen molar-refractivity contribution < 1.29 is 9.53 Å². The molecule has 1 aromatic rings. The predicted molar refractivity (Wildman–Crippen MR) is 107 cm³/mol. The van der Waals surface area contributed by atoms with E-state index in [1.54, 1.807) is 7.11 Å². The summed E-state index contributed by atoms with van der Waals surface area (Å²) in [5.74, 6) is 3.52. The smallest absolute Gasteiger partial charge is 0.134 e. The quantitative estimate of drug-likeness (QED) is 0.791. The zero-order valence-corrected chi connectivity index (χ0v) is 16.9. The van der Waals surface area contributed by atoms with Crippen LogP contribution in [0.1, 0.15) is 63.0 Å². The molecule has 0 aromatic heterocycles. The molecule has 4 atom stereocenters. The van der Waals surface area contributed by atoms with E-state index in [4.69, 9.17) is 4.74 Å². The van der Waals surface area contributed by atoms with Crippen molar-refractivity contribution in [3.8, 4) is 5.75 Å². The van der Waals surface area contributed by atoms with Crippen molar-refractivity contribution in [2.24, 2.45) is 17.8 Å². The molecule has 3 fully saturated rings. The number of benzene rings is 1.